The largest absolute Gasteiger partial charge is 0.436 e. The Morgan fingerprint density at radius 3 is 2.93 bits per heavy atom. The van der Waals surface area contributed by atoms with E-state index >= 15 is 0 Å². The minimum absolute atomic E-state index is 0.486. The van der Waals surface area contributed by atoms with E-state index in [1.54, 1.807) is 23.1 Å². The zero-order chi connectivity index (χ0) is 9.97. The summed E-state index contributed by atoms with van der Waals surface area (Å²) in [5.41, 5.74) is 0. The summed E-state index contributed by atoms with van der Waals surface area (Å²) in [6.45, 7) is 0. The highest BCUT2D eigenvalue weighted by atomic mass is 79.9. The molecular formula is C8H7BrN4O. The molecule has 14 heavy (non-hydrogen) atoms. The Morgan fingerprint density at radius 1 is 1.43 bits per heavy atom. The summed E-state index contributed by atoms with van der Waals surface area (Å²) >= 11 is 3.23. The SMILES string of the molecule is Cn1cc(Oc2cc(Br)ncn2)cn1. The van der Waals surface area contributed by atoms with Crippen LogP contribution in [-0.4, -0.2) is 19.7 Å². The van der Waals surface area contributed by atoms with Gasteiger partial charge in [-0.2, -0.15) is 5.10 Å². The van der Waals surface area contributed by atoms with Crippen molar-refractivity contribution in [1.82, 2.24) is 19.7 Å². The molecule has 0 aliphatic carbocycles. The molecule has 0 saturated heterocycles. The fraction of sp³-hybridized carbons (Fsp3) is 0.125. The smallest absolute Gasteiger partial charge is 0.223 e. The molecule has 0 aliphatic heterocycles. The fourth-order valence-electron chi connectivity index (χ4n) is 0.945. The Balaban J connectivity index is 2.18. The highest BCUT2D eigenvalue weighted by molar-refractivity contribution is 9.10. The first-order valence-electron chi connectivity index (χ1n) is 3.88. The molecule has 0 unspecified atom stereocenters. The number of hydrogen-bond donors (Lipinski definition) is 0. The van der Waals surface area contributed by atoms with Crippen molar-refractivity contribution in [3.63, 3.8) is 0 Å². The minimum Gasteiger partial charge on any atom is -0.436 e. The monoisotopic (exact) mass is 254 g/mol. The maximum Gasteiger partial charge on any atom is 0.223 e. The van der Waals surface area contributed by atoms with E-state index in [4.69, 9.17) is 4.74 Å². The van der Waals surface area contributed by atoms with Crippen LogP contribution in [0.25, 0.3) is 0 Å². The van der Waals surface area contributed by atoms with Gasteiger partial charge < -0.3 is 4.74 Å². The zero-order valence-corrected chi connectivity index (χ0v) is 8.97. The van der Waals surface area contributed by atoms with Gasteiger partial charge in [0.1, 0.15) is 10.9 Å². The molecule has 0 fully saturated rings. The number of hydrogen-bond acceptors (Lipinski definition) is 4. The highest BCUT2D eigenvalue weighted by Crippen LogP contribution is 2.19. The third kappa shape index (κ3) is 2.08. The molecule has 0 aromatic carbocycles. The molecule has 0 spiro atoms. The van der Waals surface area contributed by atoms with Crippen LogP contribution in [0.15, 0.2) is 29.4 Å². The van der Waals surface area contributed by atoms with Crippen molar-refractivity contribution in [3.8, 4) is 11.6 Å². The maximum atomic E-state index is 5.42. The van der Waals surface area contributed by atoms with Crippen LogP contribution in [0.1, 0.15) is 0 Å². The summed E-state index contributed by atoms with van der Waals surface area (Å²) < 4.78 is 7.76. The van der Waals surface area contributed by atoms with E-state index in [1.165, 1.54) is 6.33 Å². The normalized spacial score (nSPS) is 10.1. The second-order valence-corrected chi connectivity index (χ2v) is 3.44. The van der Waals surface area contributed by atoms with E-state index in [1.807, 2.05) is 7.05 Å². The quantitative estimate of drug-likeness (QED) is 0.767. The molecule has 0 aliphatic rings. The van der Waals surface area contributed by atoms with Gasteiger partial charge in [0.05, 0.1) is 12.4 Å². The molecule has 0 amide bonds. The molecule has 0 N–H and O–H groups in total. The van der Waals surface area contributed by atoms with Crippen LogP contribution in [0.3, 0.4) is 0 Å². The van der Waals surface area contributed by atoms with Gasteiger partial charge in [-0.3, -0.25) is 4.68 Å². The van der Waals surface area contributed by atoms with Crippen molar-refractivity contribution < 1.29 is 4.74 Å². The Kier molecular flexibility index (Phi) is 2.45. The predicted molar refractivity (Wildman–Crippen MR) is 53.0 cm³/mol. The number of aromatic nitrogens is 4. The highest BCUT2D eigenvalue weighted by Gasteiger charge is 2.01. The average Bonchev–Trinajstić information content (AvgIpc) is 2.51. The third-order valence-electron chi connectivity index (χ3n) is 1.51. The number of nitrogens with zero attached hydrogens (tertiary/aromatic N) is 4. The van der Waals surface area contributed by atoms with E-state index in [2.05, 4.69) is 31.0 Å². The third-order valence-corrected chi connectivity index (χ3v) is 1.95. The molecule has 2 aromatic heterocycles. The first-order valence-corrected chi connectivity index (χ1v) is 4.67. The van der Waals surface area contributed by atoms with E-state index in [0.717, 1.165) is 0 Å². The molecule has 0 atom stereocenters. The number of aryl methyl sites for hydroxylation is 1. The van der Waals surface area contributed by atoms with Gasteiger partial charge in [-0.25, -0.2) is 9.97 Å². The van der Waals surface area contributed by atoms with Crippen LogP contribution in [0.5, 0.6) is 11.6 Å². The second kappa shape index (κ2) is 3.75. The van der Waals surface area contributed by atoms with Crippen molar-refractivity contribution in [1.29, 1.82) is 0 Å². The molecule has 2 aromatic rings. The van der Waals surface area contributed by atoms with E-state index < -0.39 is 0 Å². The summed E-state index contributed by atoms with van der Waals surface area (Å²) in [6.07, 6.45) is 4.81. The Morgan fingerprint density at radius 2 is 2.29 bits per heavy atom. The number of halogens is 1. The zero-order valence-electron chi connectivity index (χ0n) is 7.38. The molecule has 5 nitrogen and oxygen atoms in total. The van der Waals surface area contributed by atoms with Gasteiger partial charge in [-0.05, 0) is 15.9 Å². The summed E-state index contributed by atoms with van der Waals surface area (Å²) in [7, 11) is 1.82. The lowest BCUT2D eigenvalue weighted by Crippen LogP contribution is -1.88. The Hall–Kier alpha value is -1.43. The lowest BCUT2D eigenvalue weighted by atomic mass is 10.6. The predicted octanol–water partition coefficient (Wildman–Crippen LogP) is 1.76. The van der Waals surface area contributed by atoms with Gasteiger partial charge in [0, 0.05) is 13.1 Å². The van der Waals surface area contributed by atoms with Crippen molar-refractivity contribution in [2.45, 2.75) is 0 Å². The molecule has 2 heterocycles. The molecule has 72 valence electrons. The molecule has 2 rings (SSSR count). The van der Waals surface area contributed by atoms with Crippen molar-refractivity contribution in [2.75, 3.05) is 0 Å². The van der Waals surface area contributed by atoms with Gasteiger partial charge in [-0.15, -0.1) is 0 Å². The van der Waals surface area contributed by atoms with Crippen LogP contribution < -0.4 is 4.74 Å². The molecule has 0 saturated carbocycles. The van der Waals surface area contributed by atoms with Gasteiger partial charge in [0.2, 0.25) is 5.88 Å². The summed E-state index contributed by atoms with van der Waals surface area (Å²) in [5.74, 6) is 1.14. The van der Waals surface area contributed by atoms with Crippen LogP contribution in [-0.2, 0) is 7.05 Å². The van der Waals surface area contributed by atoms with Crippen LogP contribution in [0, 0.1) is 0 Å². The van der Waals surface area contributed by atoms with E-state index in [0.29, 0.717) is 16.2 Å². The lowest BCUT2D eigenvalue weighted by Gasteiger charge is -1.99. The second-order valence-electron chi connectivity index (χ2n) is 2.63. The van der Waals surface area contributed by atoms with Gasteiger partial charge in [0.15, 0.2) is 5.75 Å². The van der Waals surface area contributed by atoms with Crippen molar-refractivity contribution in [2.24, 2.45) is 7.05 Å². The standard InChI is InChI=1S/C8H7BrN4O/c1-13-4-6(3-12-13)14-8-2-7(9)10-5-11-8/h2-5H,1H3. The summed E-state index contributed by atoms with van der Waals surface area (Å²) in [5, 5.41) is 3.97. The Labute approximate surface area is 88.9 Å². The minimum atomic E-state index is 0.486. The lowest BCUT2D eigenvalue weighted by molar-refractivity contribution is 0.460. The summed E-state index contributed by atoms with van der Waals surface area (Å²) in [6, 6.07) is 1.69. The number of ether oxygens (including phenoxy) is 1. The van der Waals surface area contributed by atoms with Crippen LogP contribution in [0.4, 0.5) is 0 Å². The van der Waals surface area contributed by atoms with Crippen LogP contribution in [0.2, 0.25) is 0 Å². The Bertz CT molecular complexity index is 442. The van der Waals surface area contributed by atoms with Gasteiger partial charge in [-0.1, -0.05) is 0 Å². The molecular weight excluding hydrogens is 248 g/mol. The molecule has 6 heteroatoms. The van der Waals surface area contributed by atoms with E-state index in [9.17, 15) is 0 Å². The van der Waals surface area contributed by atoms with Gasteiger partial charge >= 0.3 is 0 Å². The van der Waals surface area contributed by atoms with Crippen molar-refractivity contribution >= 4 is 15.9 Å². The molecule has 0 bridgehead atoms. The first kappa shape index (κ1) is 9.14. The van der Waals surface area contributed by atoms with E-state index in [-0.39, 0.29) is 0 Å². The topological polar surface area (TPSA) is 52.8 Å². The average molecular weight is 255 g/mol. The number of rotatable bonds is 2. The summed E-state index contributed by atoms with van der Waals surface area (Å²) in [4.78, 5) is 7.84. The molecule has 0 radical (unpaired) electrons. The fourth-order valence-corrected chi connectivity index (χ4v) is 1.23. The van der Waals surface area contributed by atoms with Crippen molar-refractivity contribution in [3.05, 3.63) is 29.4 Å². The maximum absolute atomic E-state index is 5.42. The van der Waals surface area contributed by atoms with Crippen LogP contribution >= 0.6 is 15.9 Å². The first-order chi connectivity index (χ1) is 6.74. The van der Waals surface area contributed by atoms with Gasteiger partial charge in [0.25, 0.3) is 0 Å².